The summed E-state index contributed by atoms with van der Waals surface area (Å²) < 4.78 is 0. The molecule has 2 aliphatic rings. The van der Waals surface area contributed by atoms with Crippen molar-refractivity contribution in [2.75, 3.05) is 39.3 Å². The summed E-state index contributed by atoms with van der Waals surface area (Å²) in [6.07, 6.45) is 1.78. The molecule has 0 saturated heterocycles. The summed E-state index contributed by atoms with van der Waals surface area (Å²) in [7, 11) is 0. The van der Waals surface area contributed by atoms with Gasteiger partial charge in [-0.05, 0) is 76.6 Å². The average molecular weight is 566 g/mol. The van der Waals surface area contributed by atoms with Gasteiger partial charge in [0, 0.05) is 26.2 Å². The van der Waals surface area contributed by atoms with Gasteiger partial charge in [0.25, 0.3) is 0 Å². The van der Waals surface area contributed by atoms with Gasteiger partial charge in [-0.3, -0.25) is 9.59 Å². The molecule has 0 aliphatic heterocycles. The first kappa shape index (κ1) is 33.9. The molecule has 8 heteroatoms. The number of amides is 2. The molecule has 2 aromatic carbocycles. The molecule has 0 spiro atoms. The number of hydrogen-bond acceptors (Lipinski definition) is 4. The second-order valence-corrected chi connectivity index (χ2v) is 9.90. The van der Waals surface area contributed by atoms with Gasteiger partial charge in [0.2, 0.25) is 11.8 Å². The minimum atomic E-state index is -0.345. The Morgan fingerprint density at radius 3 is 1.16 bits per heavy atom. The first-order valence-corrected chi connectivity index (χ1v) is 13.5. The molecule has 6 nitrogen and oxygen atoms in total. The quantitative estimate of drug-likeness (QED) is 0.447. The molecule has 4 rings (SSSR count). The Morgan fingerprint density at radius 1 is 0.658 bits per heavy atom. The number of carbonyl (C=O) groups excluding carboxylic acids is 2. The van der Waals surface area contributed by atoms with Crippen molar-refractivity contribution >= 4 is 36.6 Å². The van der Waals surface area contributed by atoms with Crippen molar-refractivity contribution in [1.82, 2.24) is 9.80 Å². The first-order chi connectivity index (χ1) is 17.4. The third-order valence-corrected chi connectivity index (χ3v) is 8.22. The van der Waals surface area contributed by atoms with Crippen molar-refractivity contribution in [1.29, 1.82) is 0 Å². The highest BCUT2D eigenvalue weighted by atomic mass is 35.5. The zero-order chi connectivity index (χ0) is 26.3. The fourth-order valence-corrected chi connectivity index (χ4v) is 5.76. The Hall–Kier alpha value is -2.12. The monoisotopic (exact) mass is 564 g/mol. The summed E-state index contributed by atoms with van der Waals surface area (Å²) in [4.78, 5) is 29.3. The molecule has 4 N–H and O–H groups in total. The van der Waals surface area contributed by atoms with Crippen LogP contribution in [0.4, 0.5) is 0 Å². The summed E-state index contributed by atoms with van der Waals surface area (Å²) >= 11 is 0. The highest BCUT2D eigenvalue weighted by molar-refractivity contribution is 5.93. The highest BCUT2D eigenvalue weighted by Crippen LogP contribution is 2.55. The van der Waals surface area contributed by atoms with E-state index in [9.17, 15) is 9.59 Å². The molecule has 2 fully saturated rings. The van der Waals surface area contributed by atoms with E-state index in [-0.39, 0.29) is 47.5 Å². The molecule has 0 radical (unpaired) electrons. The van der Waals surface area contributed by atoms with E-state index in [4.69, 9.17) is 11.5 Å². The third-order valence-electron chi connectivity index (χ3n) is 8.22. The van der Waals surface area contributed by atoms with E-state index in [0.717, 1.165) is 50.1 Å². The van der Waals surface area contributed by atoms with Crippen molar-refractivity contribution in [3.8, 4) is 0 Å². The summed E-state index contributed by atoms with van der Waals surface area (Å²) in [6.45, 7) is 12.3. The van der Waals surface area contributed by atoms with Gasteiger partial charge in [-0.2, -0.15) is 0 Å². The van der Waals surface area contributed by atoms with Gasteiger partial charge in [0.1, 0.15) is 0 Å². The van der Waals surface area contributed by atoms with E-state index in [1.165, 1.54) is 0 Å². The smallest absolute Gasteiger partial charge is 0.233 e. The second-order valence-electron chi connectivity index (χ2n) is 9.90. The van der Waals surface area contributed by atoms with Crippen LogP contribution in [0, 0.1) is 11.8 Å². The molecule has 4 atom stereocenters. The summed E-state index contributed by atoms with van der Waals surface area (Å²) in [5.74, 6) is 1.09. The van der Waals surface area contributed by atoms with Gasteiger partial charge in [-0.1, -0.05) is 60.7 Å². The number of nitrogens with zero attached hydrogens (tertiary/aromatic N) is 2. The molecule has 0 bridgehead atoms. The van der Waals surface area contributed by atoms with E-state index in [0.29, 0.717) is 24.9 Å². The van der Waals surface area contributed by atoms with Crippen LogP contribution in [0.3, 0.4) is 0 Å². The van der Waals surface area contributed by atoms with Crippen molar-refractivity contribution in [2.45, 2.75) is 51.4 Å². The third kappa shape index (κ3) is 6.36. The van der Waals surface area contributed by atoms with E-state index in [1.54, 1.807) is 0 Å². The zero-order valence-electron chi connectivity index (χ0n) is 23.3. The van der Waals surface area contributed by atoms with Crippen LogP contribution in [-0.4, -0.2) is 60.9 Å². The van der Waals surface area contributed by atoms with Gasteiger partial charge >= 0.3 is 0 Å². The molecule has 0 heterocycles. The molecule has 2 saturated carbocycles. The number of carbonyl (C=O) groups is 2. The standard InChI is InChI=1S/2C15H22N2O.2ClH/c2*1-3-17(4-2)14(18)15(10-13(15)11-16)12-8-6-5-7-9-12;;/h2*5-9,13H,3-4,10-11,16H2,1-2H3;2*1H/t2*13-,15+;;/m10../s1. The molecule has 2 aromatic rings. The van der Waals surface area contributed by atoms with E-state index >= 15 is 0 Å². The second kappa shape index (κ2) is 14.9. The van der Waals surface area contributed by atoms with Gasteiger partial charge < -0.3 is 21.3 Å². The lowest BCUT2D eigenvalue weighted by Gasteiger charge is -2.26. The summed E-state index contributed by atoms with van der Waals surface area (Å²) in [6, 6.07) is 20.2. The molecule has 2 aliphatic carbocycles. The minimum Gasteiger partial charge on any atom is -0.342 e. The first-order valence-electron chi connectivity index (χ1n) is 13.5. The predicted molar refractivity (Wildman–Crippen MR) is 161 cm³/mol. The number of likely N-dealkylation sites (N-methyl/N-ethyl adjacent to an activating group) is 2. The maximum Gasteiger partial charge on any atom is 0.233 e. The lowest BCUT2D eigenvalue weighted by molar-refractivity contribution is -0.134. The normalized spacial score (nSPS) is 24.5. The van der Waals surface area contributed by atoms with Crippen LogP contribution < -0.4 is 11.5 Å². The Balaban J connectivity index is 0.000000361. The van der Waals surface area contributed by atoms with Gasteiger partial charge in [-0.25, -0.2) is 0 Å². The molecule has 2 amide bonds. The maximum atomic E-state index is 12.7. The van der Waals surface area contributed by atoms with Crippen molar-refractivity contribution in [3.63, 3.8) is 0 Å². The van der Waals surface area contributed by atoms with E-state index in [2.05, 4.69) is 24.3 Å². The van der Waals surface area contributed by atoms with Crippen LogP contribution in [-0.2, 0) is 20.4 Å². The van der Waals surface area contributed by atoms with Crippen molar-refractivity contribution in [2.24, 2.45) is 23.3 Å². The highest BCUT2D eigenvalue weighted by Gasteiger charge is 2.61. The van der Waals surface area contributed by atoms with Crippen LogP contribution >= 0.6 is 24.8 Å². The van der Waals surface area contributed by atoms with E-state index in [1.807, 2.05) is 73.9 Å². The van der Waals surface area contributed by atoms with Gasteiger partial charge in [0.15, 0.2) is 0 Å². The number of nitrogens with two attached hydrogens (primary N) is 2. The summed E-state index contributed by atoms with van der Waals surface area (Å²) in [5.41, 5.74) is 13.1. The van der Waals surface area contributed by atoms with Crippen LogP contribution in [0.5, 0.6) is 0 Å². The number of halogens is 2. The van der Waals surface area contributed by atoms with Crippen LogP contribution in [0.25, 0.3) is 0 Å². The Labute approximate surface area is 241 Å². The average Bonchev–Trinajstić information content (AvgIpc) is 3.85. The van der Waals surface area contributed by atoms with Crippen LogP contribution in [0.15, 0.2) is 60.7 Å². The molecule has 0 aromatic heterocycles. The fourth-order valence-electron chi connectivity index (χ4n) is 5.76. The lowest BCUT2D eigenvalue weighted by atomic mass is 9.91. The van der Waals surface area contributed by atoms with Crippen molar-refractivity contribution in [3.05, 3.63) is 71.8 Å². The van der Waals surface area contributed by atoms with Crippen molar-refractivity contribution < 1.29 is 9.59 Å². The lowest BCUT2D eigenvalue weighted by Crippen LogP contribution is -2.40. The number of rotatable bonds is 10. The fraction of sp³-hybridized carbons (Fsp3) is 0.533. The molecular weight excluding hydrogens is 519 g/mol. The molecule has 212 valence electrons. The van der Waals surface area contributed by atoms with E-state index < -0.39 is 0 Å². The SMILES string of the molecule is CCN(CC)C(=O)[C@@]1(c2ccccc2)C[C@H]1CN.CCN(CC)C(=O)[C@]1(c2ccccc2)C[C@@H]1CN.Cl.Cl. The Bertz CT molecular complexity index is 920. The number of benzene rings is 2. The van der Waals surface area contributed by atoms with Gasteiger partial charge in [-0.15, -0.1) is 24.8 Å². The van der Waals surface area contributed by atoms with Gasteiger partial charge in [0.05, 0.1) is 10.8 Å². The molecule has 0 unspecified atom stereocenters. The zero-order valence-corrected chi connectivity index (χ0v) is 24.9. The number of hydrogen-bond donors (Lipinski definition) is 2. The molecular formula is C30H46Cl2N4O2. The van der Waals surface area contributed by atoms with Crippen LogP contribution in [0.1, 0.15) is 51.7 Å². The maximum absolute atomic E-state index is 12.7. The Kier molecular flexibility index (Phi) is 13.3. The minimum absolute atomic E-state index is 0. The summed E-state index contributed by atoms with van der Waals surface area (Å²) in [5, 5.41) is 0. The molecule has 38 heavy (non-hydrogen) atoms. The van der Waals surface area contributed by atoms with Crippen LogP contribution in [0.2, 0.25) is 0 Å². The Morgan fingerprint density at radius 2 is 0.947 bits per heavy atom. The predicted octanol–water partition coefficient (Wildman–Crippen LogP) is 4.39. The largest absolute Gasteiger partial charge is 0.342 e. The topological polar surface area (TPSA) is 92.7 Å².